The van der Waals surface area contributed by atoms with Gasteiger partial charge < -0.3 is 9.47 Å². The Morgan fingerprint density at radius 1 is 1.21 bits per heavy atom. The minimum absolute atomic E-state index is 0.551. The molecule has 0 radical (unpaired) electrons. The molecule has 0 unspecified atom stereocenters. The zero-order valence-electron chi connectivity index (χ0n) is 10.8. The van der Waals surface area contributed by atoms with Gasteiger partial charge in [0.1, 0.15) is 0 Å². The minimum atomic E-state index is 0.551. The van der Waals surface area contributed by atoms with Gasteiger partial charge in [-0.3, -0.25) is 0 Å². The predicted molar refractivity (Wildman–Crippen MR) is 75.8 cm³/mol. The zero-order valence-corrected chi connectivity index (χ0v) is 11.6. The summed E-state index contributed by atoms with van der Waals surface area (Å²) < 4.78 is 11.2. The van der Waals surface area contributed by atoms with Crippen molar-refractivity contribution < 1.29 is 9.47 Å². The topological polar surface area (TPSA) is 42.2 Å². The maximum absolute atomic E-state index is 8.88. The van der Waals surface area contributed by atoms with Crippen molar-refractivity contribution in [3.8, 4) is 17.6 Å². The second kappa shape index (κ2) is 6.81. The van der Waals surface area contributed by atoms with Crippen molar-refractivity contribution in [3.05, 3.63) is 46.2 Å². The Labute approximate surface area is 117 Å². The largest absolute Gasteiger partial charge is 0.490 e. The van der Waals surface area contributed by atoms with Gasteiger partial charge in [-0.25, -0.2) is 0 Å². The zero-order chi connectivity index (χ0) is 13.5. The molecule has 0 N–H and O–H groups in total. The molecular weight excluding hydrogens is 258 g/mol. The molecule has 3 nitrogen and oxygen atoms in total. The van der Waals surface area contributed by atoms with E-state index in [0.29, 0.717) is 30.3 Å². The van der Waals surface area contributed by atoms with Crippen molar-refractivity contribution in [2.75, 3.05) is 13.2 Å². The molecule has 0 amide bonds. The molecule has 0 aliphatic rings. The van der Waals surface area contributed by atoms with Crippen molar-refractivity contribution in [2.24, 2.45) is 0 Å². The third-order valence-electron chi connectivity index (χ3n) is 2.60. The van der Waals surface area contributed by atoms with Crippen LogP contribution in [0.5, 0.6) is 11.5 Å². The van der Waals surface area contributed by atoms with Crippen molar-refractivity contribution in [1.29, 1.82) is 5.26 Å². The Morgan fingerprint density at radius 2 is 2.11 bits per heavy atom. The van der Waals surface area contributed by atoms with Crippen LogP contribution in [0.2, 0.25) is 0 Å². The Balaban J connectivity index is 2.00. The highest BCUT2D eigenvalue weighted by atomic mass is 32.1. The molecule has 1 heterocycles. The van der Waals surface area contributed by atoms with E-state index in [4.69, 9.17) is 14.7 Å². The van der Waals surface area contributed by atoms with Crippen molar-refractivity contribution in [3.63, 3.8) is 0 Å². The number of nitrogens with zero attached hydrogens (tertiary/aromatic N) is 1. The summed E-state index contributed by atoms with van der Waals surface area (Å²) in [5.74, 6) is 1.32. The van der Waals surface area contributed by atoms with Crippen LogP contribution in [-0.2, 0) is 6.42 Å². The first-order valence-corrected chi connectivity index (χ1v) is 7.08. The summed E-state index contributed by atoms with van der Waals surface area (Å²) in [6, 6.07) is 9.43. The van der Waals surface area contributed by atoms with Gasteiger partial charge in [-0.1, -0.05) is 0 Å². The summed E-state index contributed by atoms with van der Waals surface area (Å²) in [6.45, 7) is 3.06. The quantitative estimate of drug-likeness (QED) is 0.807. The lowest BCUT2D eigenvalue weighted by Crippen LogP contribution is -2.03. The molecule has 0 saturated heterocycles. The summed E-state index contributed by atoms with van der Waals surface area (Å²) in [5, 5.41) is 13.1. The van der Waals surface area contributed by atoms with E-state index in [1.54, 1.807) is 29.5 Å². The summed E-state index contributed by atoms with van der Waals surface area (Å²) in [4.78, 5) is 0. The van der Waals surface area contributed by atoms with E-state index >= 15 is 0 Å². The summed E-state index contributed by atoms with van der Waals surface area (Å²) in [7, 11) is 0. The molecule has 2 aromatic rings. The fourth-order valence-corrected chi connectivity index (χ4v) is 2.38. The number of hydrogen-bond acceptors (Lipinski definition) is 4. The monoisotopic (exact) mass is 273 g/mol. The number of rotatable bonds is 6. The van der Waals surface area contributed by atoms with Crippen LogP contribution in [0.1, 0.15) is 18.1 Å². The SMILES string of the molecule is CCOc1cc(C#N)ccc1OCCc1ccsc1. The number of thiophene rings is 1. The number of nitriles is 1. The Morgan fingerprint density at radius 3 is 2.79 bits per heavy atom. The first-order chi connectivity index (χ1) is 9.33. The standard InChI is InChI=1S/C15H15NO2S/c1-2-17-15-9-13(10-16)3-4-14(15)18-7-5-12-6-8-19-11-12/h3-4,6,8-9,11H,2,5,7H2,1H3. The second-order valence-corrected chi connectivity index (χ2v) is 4.72. The molecule has 4 heteroatoms. The lowest BCUT2D eigenvalue weighted by Gasteiger charge is -2.11. The molecule has 0 atom stereocenters. The van der Waals surface area contributed by atoms with E-state index in [2.05, 4.69) is 22.9 Å². The molecule has 98 valence electrons. The number of benzene rings is 1. The maximum Gasteiger partial charge on any atom is 0.162 e. The van der Waals surface area contributed by atoms with Crippen molar-refractivity contribution >= 4 is 11.3 Å². The highest BCUT2D eigenvalue weighted by Crippen LogP contribution is 2.28. The Hall–Kier alpha value is -1.99. The van der Waals surface area contributed by atoms with Gasteiger partial charge in [0.25, 0.3) is 0 Å². The van der Waals surface area contributed by atoms with Gasteiger partial charge in [0.05, 0.1) is 24.8 Å². The van der Waals surface area contributed by atoms with Crippen LogP contribution >= 0.6 is 11.3 Å². The second-order valence-electron chi connectivity index (χ2n) is 3.94. The van der Waals surface area contributed by atoms with Crippen LogP contribution in [0, 0.1) is 11.3 Å². The van der Waals surface area contributed by atoms with Gasteiger partial charge in [0.2, 0.25) is 0 Å². The molecule has 0 bridgehead atoms. The molecule has 0 spiro atoms. The molecule has 2 rings (SSSR count). The van der Waals surface area contributed by atoms with Gasteiger partial charge in [-0.15, -0.1) is 0 Å². The third-order valence-corrected chi connectivity index (χ3v) is 3.33. The van der Waals surface area contributed by atoms with Crippen LogP contribution in [0.15, 0.2) is 35.0 Å². The summed E-state index contributed by atoms with van der Waals surface area (Å²) in [6.07, 6.45) is 0.870. The van der Waals surface area contributed by atoms with Gasteiger partial charge in [-0.05, 0) is 41.4 Å². The van der Waals surface area contributed by atoms with E-state index in [1.165, 1.54) is 5.56 Å². The van der Waals surface area contributed by atoms with E-state index < -0.39 is 0 Å². The first kappa shape index (κ1) is 13.4. The molecule has 0 fully saturated rings. The summed E-state index contributed by atoms with van der Waals surface area (Å²) in [5.41, 5.74) is 1.85. The van der Waals surface area contributed by atoms with Gasteiger partial charge in [-0.2, -0.15) is 16.6 Å². The molecule has 0 aliphatic carbocycles. The first-order valence-electron chi connectivity index (χ1n) is 6.14. The van der Waals surface area contributed by atoms with E-state index in [1.807, 2.05) is 6.92 Å². The fraction of sp³-hybridized carbons (Fsp3) is 0.267. The molecule has 19 heavy (non-hydrogen) atoms. The molecule has 1 aromatic carbocycles. The van der Waals surface area contributed by atoms with Gasteiger partial charge >= 0.3 is 0 Å². The predicted octanol–water partition coefficient (Wildman–Crippen LogP) is 3.64. The Kier molecular flexibility index (Phi) is 4.82. The van der Waals surface area contributed by atoms with Crippen LogP contribution in [0.4, 0.5) is 0 Å². The average Bonchev–Trinajstić information content (AvgIpc) is 2.94. The number of hydrogen-bond donors (Lipinski definition) is 0. The van der Waals surface area contributed by atoms with Gasteiger partial charge in [0, 0.05) is 12.5 Å². The van der Waals surface area contributed by atoms with Gasteiger partial charge in [0.15, 0.2) is 11.5 Å². The van der Waals surface area contributed by atoms with Crippen LogP contribution in [-0.4, -0.2) is 13.2 Å². The molecule has 0 aliphatic heterocycles. The summed E-state index contributed by atoms with van der Waals surface area (Å²) >= 11 is 1.69. The van der Waals surface area contributed by atoms with Crippen LogP contribution in [0.3, 0.4) is 0 Å². The third kappa shape index (κ3) is 3.73. The maximum atomic E-state index is 8.88. The molecular formula is C15H15NO2S. The van der Waals surface area contributed by atoms with E-state index in [9.17, 15) is 0 Å². The normalized spacial score (nSPS) is 9.89. The highest BCUT2D eigenvalue weighted by Gasteiger charge is 2.06. The molecule has 1 aromatic heterocycles. The minimum Gasteiger partial charge on any atom is -0.490 e. The smallest absolute Gasteiger partial charge is 0.162 e. The lowest BCUT2D eigenvalue weighted by atomic mass is 10.2. The lowest BCUT2D eigenvalue weighted by molar-refractivity contribution is 0.279. The fourth-order valence-electron chi connectivity index (χ4n) is 1.68. The Bertz CT molecular complexity index is 558. The highest BCUT2D eigenvalue weighted by molar-refractivity contribution is 7.07. The molecule has 0 saturated carbocycles. The van der Waals surface area contributed by atoms with E-state index in [-0.39, 0.29) is 0 Å². The van der Waals surface area contributed by atoms with Crippen molar-refractivity contribution in [1.82, 2.24) is 0 Å². The number of ether oxygens (including phenoxy) is 2. The van der Waals surface area contributed by atoms with E-state index in [0.717, 1.165) is 6.42 Å². The average molecular weight is 273 g/mol. The van der Waals surface area contributed by atoms with Crippen LogP contribution in [0.25, 0.3) is 0 Å². The van der Waals surface area contributed by atoms with Crippen LogP contribution < -0.4 is 9.47 Å². The van der Waals surface area contributed by atoms with Crippen molar-refractivity contribution in [2.45, 2.75) is 13.3 Å².